The number of nitrogens with zero attached hydrogens (tertiary/aromatic N) is 2. The molecule has 0 aliphatic rings. The van der Waals surface area contributed by atoms with Crippen molar-refractivity contribution in [2.24, 2.45) is 5.73 Å². The monoisotopic (exact) mass is 153 g/mol. The Bertz CT molecular complexity index is 215. The first-order valence-electron chi connectivity index (χ1n) is 3.99. The fourth-order valence-electron chi connectivity index (χ4n) is 1.06. The quantitative estimate of drug-likeness (QED) is 0.697. The smallest absolute Gasteiger partial charge is 0.0522 e. The number of hydrogen-bond donors (Lipinski definition) is 1. The van der Waals surface area contributed by atoms with E-state index < -0.39 is 0 Å². The summed E-state index contributed by atoms with van der Waals surface area (Å²) in [5, 5.41) is 4.15. The molecule has 1 rings (SSSR count). The minimum atomic E-state index is 0.226. The maximum absolute atomic E-state index is 5.64. The van der Waals surface area contributed by atoms with Crippen LogP contribution in [0.2, 0.25) is 0 Å². The molecule has 2 N–H and O–H groups in total. The molecule has 1 heterocycles. The van der Waals surface area contributed by atoms with Crippen molar-refractivity contribution in [2.45, 2.75) is 32.9 Å². The van der Waals surface area contributed by atoms with E-state index in [-0.39, 0.29) is 6.04 Å². The van der Waals surface area contributed by atoms with Gasteiger partial charge in [0, 0.05) is 18.8 Å². The van der Waals surface area contributed by atoms with E-state index in [4.69, 9.17) is 5.73 Å². The van der Waals surface area contributed by atoms with Crippen LogP contribution in [-0.4, -0.2) is 15.8 Å². The van der Waals surface area contributed by atoms with Crippen LogP contribution in [0.5, 0.6) is 0 Å². The van der Waals surface area contributed by atoms with Gasteiger partial charge in [0.1, 0.15) is 0 Å². The Morgan fingerprint density at radius 2 is 2.45 bits per heavy atom. The van der Waals surface area contributed by atoms with Crippen LogP contribution in [-0.2, 0) is 13.0 Å². The van der Waals surface area contributed by atoms with Gasteiger partial charge in [-0.25, -0.2) is 0 Å². The molecule has 0 spiro atoms. The largest absolute Gasteiger partial charge is 0.328 e. The number of hydrogen-bond acceptors (Lipinski definition) is 2. The van der Waals surface area contributed by atoms with Crippen molar-refractivity contribution in [2.75, 3.05) is 0 Å². The molecular formula is C8H15N3. The lowest BCUT2D eigenvalue weighted by atomic mass is 10.1. The normalized spacial score (nSPS) is 13.4. The number of nitrogens with two attached hydrogens (primary N) is 1. The molecule has 0 aromatic carbocycles. The van der Waals surface area contributed by atoms with Crippen molar-refractivity contribution in [1.82, 2.24) is 9.78 Å². The number of aryl methyl sites for hydroxylation is 1. The Hall–Kier alpha value is -0.830. The van der Waals surface area contributed by atoms with E-state index in [9.17, 15) is 0 Å². The van der Waals surface area contributed by atoms with E-state index in [1.807, 2.05) is 24.0 Å². The van der Waals surface area contributed by atoms with Gasteiger partial charge < -0.3 is 5.73 Å². The van der Waals surface area contributed by atoms with Gasteiger partial charge in [-0.05, 0) is 25.8 Å². The molecular weight excluding hydrogens is 138 g/mol. The Labute approximate surface area is 67.2 Å². The summed E-state index contributed by atoms with van der Waals surface area (Å²) in [6.07, 6.45) is 4.84. The molecule has 0 fully saturated rings. The van der Waals surface area contributed by atoms with Crippen LogP contribution in [0, 0.1) is 0 Å². The van der Waals surface area contributed by atoms with Gasteiger partial charge in [-0.2, -0.15) is 5.10 Å². The summed E-state index contributed by atoms with van der Waals surface area (Å²) in [4.78, 5) is 0. The highest BCUT2D eigenvalue weighted by Gasteiger charge is 1.99. The van der Waals surface area contributed by atoms with Gasteiger partial charge in [-0.3, -0.25) is 4.68 Å². The van der Waals surface area contributed by atoms with E-state index in [0.29, 0.717) is 0 Å². The van der Waals surface area contributed by atoms with Crippen molar-refractivity contribution in [1.29, 1.82) is 0 Å². The number of rotatable bonds is 3. The molecule has 0 radical (unpaired) electrons. The summed E-state index contributed by atoms with van der Waals surface area (Å²) >= 11 is 0. The zero-order chi connectivity index (χ0) is 8.27. The SMILES string of the molecule is CCn1cc(CC(C)N)cn1. The van der Waals surface area contributed by atoms with Gasteiger partial charge in [0.05, 0.1) is 6.20 Å². The third kappa shape index (κ3) is 2.35. The Morgan fingerprint density at radius 3 is 2.91 bits per heavy atom. The molecule has 3 nitrogen and oxygen atoms in total. The highest BCUT2D eigenvalue weighted by Crippen LogP contribution is 2.00. The van der Waals surface area contributed by atoms with Crippen molar-refractivity contribution >= 4 is 0 Å². The third-order valence-corrected chi connectivity index (χ3v) is 1.57. The van der Waals surface area contributed by atoms with Crippen LogP contribution < -0.4 is 5.73 Å². The Balaban J connectivity index is 2.58. The van der Waals surface area contributed by atoms with E-state index in [2.05, 4.69) is 12.0 Å². The molecule has 0 amide bonds. The number of aromatic nitrogens is 2. The Morgan fingerprint density at radius 1 is 1.73 bits per heavy atom. The van der Waals surface area contributed by atoms with E-state index in [1.54, 1.807) is 0 Å². The second kappa shape index (κ2) is 3.53. The summed E-state index contributed by atoms with van der Waals surface area (Å²) in [6.45, 7) is 5.00. The van der Waals surface area contributed by atoms with Gasteiger partial charge in [-0.15, -0.1) is 0 Å². The standard InChI is InChI=1S/C8H15N3/c1-3-11-6-8(5-10-11)4-7(2)9/h5-7H,3-4,9H2,1-2H3. The molecule has 0 saturated carbocycles. The van der Waals surface area contributed by atoms with Gasteiger partial charge >= 0.3 is 0 Å². The lowest BCUT2D eigenvalue weighted by Crippen LogP contribution is -2.17. The van der Waals surface area contributed by atoms with E-state index in [0.717, 1.165) is 13.0 Å². The first-order valence-corrected chi connectivity index (χ1v) is 3.99. The average molecular weight is 153 g/mol. The molecule has 1 atom stereocenters. The molecule has 3 heteroatoms. The van der Waals surface area contributed by atoms with E-state index >= 15 is 0 Å². The first kappa shape index (κ1) is 8.27. The zero-order valence-corrected chi connectivity index (χ0v) is 7.12. The average Bonchev–Trinajstić information content (AvgIpc) is 2.34. The fourth-order valence-corrected chi connectivity index (χ4v) is 1.06. The summed E-state index contributed by atoms with van der Waals surface area (Å²) < 4.78 is 1.91. The van der Waals surface area contributed by atoms with Crippen LogP contribution in [0.1, 0.15) is 19.4 Å². The fraction of sp³-hybridized carbons (Fsp3) is 0.625. The van der Waals surface area contributed by atoms with Crippen LogP contribution in [0.3, 0.4) is 0 Å². The predicted octanol–water partition coefficient (Wildman–Crippen LogP) is 0.793. The molecule has 0 aliphatic carbocycles. The van der Waals surface area contributed by atoms with Crippen molar-refractivity contribution < 1.29 is 0 Å². The van der Waals surface area contributed by atoms with Crippen molar-refractivity contribution in [3.05, 3.63) is 18.0 Å². The van der Waals surface area contributed by atoms with Crippen LogP contribution in [0.15, 0.2) is 12.4 Å². The van der Waals surface area contributed by atoms with Crippen molar-refractivity contribution in [3.8, 4) is 0 Å². The molecule has 11 heavy (non-hydrogen) atoms. The molecule has 62 valence electrons. The molecule has 0 bridgehead atoms. The minimum Gasteiger partial charge on any atom is -0.328 e. The second-order valence-electron chi connectivity index (χ2n) is 2.89. The molecule has 0 aliphatic heterocycles. The zero-order valence-electron chi connectivity index (χ0n) is 7.12. The Kier molecular flexibility index (Phi) is 2.65. The van der Waals surface area contributed by atoms with Gasteiger partial charge in [0.2, 0.25) is 0 Å². The second-order valence-corrected chi connectivity index (χ2v) is 2.89. The van der Waals surface area contributed by atoms with Gasteiger partial charge in [0.15, 0.2) is 0 Å². The lowest BCUT2D eigenvalue weighted by molar-refractivity contribution is 0.657. The molecule has 0 saturated heterocycles. The topological polar surface area (TPSA) is 43.8 Å². The maximum atomic E-state index is 5.64. The molecule has 1 unspecified atom stereocenters. The van der Waals surface area contributed by atoms with Crippen molar-refractivity contribution in [3.63, 3.8) is 0 Å². The maximum Gasteiger partial charge on any atom is 0.0522 e. The summed E-state index contributed by atoms with van der Waals surface area (Å²) in [6, 6.07) is 0.226. The minimum absolute atomic E-state index is 0.226. The first-order chi connectivity index (χ1) is 5.22. The van der Waals surface area contributed by atoms with Crippen LogP contribution >= 0.6 is 0 Å². The van der Waals surface area contributed by atoms with Crippen LogP contribution in [0.25, 0.3) is 0 Å². The molecule has 1 aromatic rings. The van der Waals surface area contributed by atoms with E-state index in [1.165, 1.54) is 5.56 Å². The molecule has 1 aromatic heterocycles. The highest BCUT2D eigenvalue weighted by atomic mass is 15.3. The van der Waals surface area contributed by atoms with Gasteiger partial charge in [-0.1, -0.05) is 0 Å². The van der Waals surface area contributed by atoms with Crippen LogP contribution in [0.4, 0.5) is 0 Å². The van der Waals surface area contributed by atoms with Gasteiger partial charge in [0.25, 0.3) is 0 Å². The predicted molar refractivity (Wildman–Crippen MR) is 45.3 cm³/mol. The lowest BCUT2D eigenvalue weighted by Gasteiger charge is -1.99. The summed E-state index contributed by atoms with van der Waals surface area (Å²) in [5.41, 5.74) is 6.86. The summed E-state index contributed by atoms with van der Waals surface area (Å²) in [7, 11) is 0. The third-order valence-electron chi connectivity index (χ3n) is 1.57. The highest BCUT2D eigenvalue weighted by molar-refractivity contribution is 5.05. The summed E-state index contributed by atoms with van der Waals surface area (Å²) in [5.74, 6) is 0.